The molecule has 1 aliphatic rings. The van der Waals surface area contributed by atoms with Crippen LogP contribution in [0.1, 0.15) is 22.3 Å². The fourth-order valence-corrected chi connectivity index (χ4v) is 3.79. The molecule has 0 bridgehead atoms. The molecule has 0 radical (unpaired) electrons. The number of allylic oxidation sites excluding steroid dienone is 2. The summed E-state index contributed by atoms with van der Waals surface area (Å²) < 4.78 is 25.6. The number of hydrogen-bond donors (Lipinski definition) is 1. The minimum absolute atomic E-state index is 0.297. The summed E-state index contributed by atoms with van der Waals surface area (Å²) in [6.45, 7) is 1.87. The highest BCUT2D eigenvalue weighted by atomic mass is 19.1. The third kappa shape index (κ3) is 5.53. The first-order valence-corrected chi connectivity index (χ1v) is 10.8. The van der Waals surface area contributed by atoms with Crippen LogP contribution in [-0.2, 0) is 19.3 Å². The molecule has 0 aliphatic carbocycles. The third-order valence-electron chi connectivity index (χ3n) is 5.49. The standard InChI is InChI=1S/C27H28FNO2/c1-29-14-16-31-27-11-8-21(18-25(27)28)7-9-22(17-20-5-3-2-4-6-20)23-10-12-26-24(19-23)13-15-30-26/h2-6,8-12,18-19,29H,7,13-17H2,1H3. The summed E-state index contributed by atoms with van der Waals surface area (Å²) in [4.78, 5) is 0. The van der Waals surface area contributed by atoms with Crippen molar-refractivity contribution in [1.82, 2.24) is 5.32 Å². The van der Waals surface area contributed by atoms with Crippen molar-refractivity contribution in [3.8, 4) is 11.5 Å². The lowest BCUT2D eigenvalue weighted by atomic mass is 9.94. The Bertz CT molecular complexity index is 1050. The maximum atomic E-state index is 14.4. The summed E-state index contributed by atoms with van der Waals surface area (Å²) in [5.41, 5.74) is 5.86. The van der Waals surface area contributed by atoms with E-state index in [0.717, 1.165) is 30.8 Å². The smallest absolute Gasteiger partial charge is 0.165 e. The van der Waals surface area contributed by atoms with Crippen molar-refractivity contribution < 1.29 is 13.9 Å². The van der Waals surface area contributed by atoms with Gasteiger partial charge in [0.25, 0.3) is 0 Å². The van der Waals surface area contributed by atoms with E-state index in [9.17, 15) is 4.39 Å². The van der Waals surface area contributed by atoms with Crippen molar-refractivity contribution in [2.45, 2.75) is 19.3 Å². The molecule has 4 rings (SSSR count). The first-order valence-electron chi connectivity index (χ1n) is 10.8. The molecule has 1 N–H and O–H groups in total. The van der Waals surface area contributed by atoms with Crippen LogP contribution in [-0.4, -0.2) is 26.8 Å². The van der Waals surface area contributed by atoms with E-state index in [1.165, 1.54) is 22.3 Å². The van der Waals surface area contributed by atoms with Crippen LogP contribution in [0.2, 0.25) is 0 Å². The number of ether oxygens (including phenoxy) is 2. The lowest BCUT2D eigenvalue weighted by Gasteiger charge is -2.11. The normalized spacial score (nSPS) is 13.0. The Balaban J connectivity index is 1.56. The van der Waals surface area contributed by atoms with Gasteiger partial charge in [-0.05, 0) is 72.0 Å². The van der Waals surface area contributed by atoms with E-state index in [-0.39, 0.29) is 5.82 Å². The second-order valence-corrected chi connectivity index (χ2v) is 7.73. The zero-order valence-electron chi connectivity index (χ0n) is 17.9. The van der Waals surface area contributed by atoms with Crippen LogP contribution < -0.4 is 14.8 Å². The van der Waals surface area contributed by atoms with E-state index in [1.807, 2.05) is 19.2 Å². The summed E-state index contributed by atoms with van der Waals surface area (Å²) in [7, 11) is 1.84. The van der Waals surface area contributed by atoms with Crippen LogP contribution in [0.3, 0.4) is 0 Å². The number of nitrogens with one attached hydrogen (secondary N) is 1. The molecule has 0 saturated heterocycles. The van der Waals surface area contributed by atoms with E-state index in [4.69, 9.17) is 9.47 Å². The second kappa shape index (κ2) is 10.3. The zero-order chi connectivity index (χ0) is 21.5. The number of fused-ring (bicyclic) bond motifs is 1. The molecule has 1 heterocycles. The highest BCUT2D eigenvalue weighted by Gasteiger charge is 2.14. The molecule has 31 heavy (non-hydrogen) atoms. The minimum atomic E-state index is -0.318. The van der Waals surface area contributed by atoms with Crippen LogP contribution in [0.15, 0.2) is 72.8 Å². The van der Waals surface area contributed by atoms with E-state index >= 15 is 0 Å². The van der Waals surface area contributed by atoms with Crippen molar-refractivity contribution in [3.63, 3.8) is 0 Å². The Kier molecular flexibility index (Phi) is 7.00. The van der Waals surface area contributed by atoms with Gasteiger partial charge >= 0.3 is 0 Å². The highest BCUT2D eigenvalue weighted by molar-refractivity contribution is 5.69. The molecule has 3 aromatic carbocycles. The Morgan fingerprint density at radius 1 is 1.06 bits per heavy atom. The van der Waals surface area contributed by atoms with Crippen molar-refractivity contribution in [3.05, 3.63) is 101 Å². The predicted octanol–water partition coefficient (Wildman–Crippen LogP) is 5.23. The number of benzene rings is 3. The number of hydrogen-bond acceptors (Lipinski definition) is 3. The molecule has 160 valence electrons. The first kappa shape index (κ1) is 21.1. The van der Waals surface area contributed by atoms with Crippen LogP contribution >= 0.6 is 0 Å². The van der Waals surface area contributed by atoms with Crippen molar-refractivity contribution in [2.24, 2.45) is 0 Å². The molecular weight excluding hydrogens is 389 g/mol. The van der Waals surface area contributed by atoms with Gasteiger partial charge in [-0.25, -0.2) is 4.39 Å². The molecule has 4 heteroatoms. The highest BCUT2D eigenvalue weighted by Crippen LogP contribution is 2.30. The molecule has 0 unspecified atom stereocenters. The van der Waals surface area contributed by atoms with E-state index in [2.05, 4.69) is 53.9 Å². The van der Waals surface area contributed by atoms with Gasteiger partial charge < -0.3 is 14.8 Å². The lowest BCUT2D eigenvalue weighted by Crippen LogP contribution is -2.16. The van der Waals surface area contributed by atoms with Crippen molar-refractivity contribution >= 4 is 5.57 Å². The fourth-order valence-electron chi connectivity index (χ4n) is 3.79. The van der Waals surface area contributed by atoms with E-state index < -0.39 is 0 Å². The van der Waals surface area contributed by atoms with E-state index in [1.54, 1.807) is 12.1 Å². The Morgan fingerprint density at radius 2 is 1.94 bits per heavy atom. The summed E-state index contributed by atoms with van der Waals surface area (Å²) in [5, 5.41) is 2.99. The van der Waals surface area contributed by atoms with Gasteiger partial charge in [0.2, 0.25) is 0 Å². The quantitative estimate of drug-likeness (QED) is 0.484. The maximum absolute atomic E-state index is 14.4. The average molecular weight is 418 g/mol. The molecule has 3 aromatic rings. The first-order chi connectivity index (χ1) is 15.2. The largest absolute Gasteiger partial charge is 0.493 e. The number of halogens is 1. The molecule has 0 saturated carbocycles. The van der Waals surface area contributed by atoms with Gasteiger partial charge in [0.1, 0.15) is 12.4 Å². The van der Waals surface area contributed by atoms with Gasteiger partial charge in [-0.1, -0.05) is 48.5 Å². The molecule has 0 atom stereocenters. The SMILES string of the molecule is CNCCOc1ccc(CC=C(Cc2ccccc2)c2ccc3c(c2)CCO3)cc1F. The van der Waals surface area contributed by atoms with Crippen LogP contribution in [0, 0.1) is 5.82 Å². The summed E-state index contributed by atoms with van der Waals surface area (Å²) in [5.74, 6) is 0.964. The second-order valence-electron chi connectivity index (χ2n) is 7.73. The Labute approximate surface area is 183 Å². The summed E-state index contributed by atoms with van der Waals surface area (Å²) >= 11 is 0. The van der Waals surface area contributed by atoms with Crippen LogP contribution in [0.5, 0.6) is 11.5 Å². The van der Waals surface area contributed by atoms with Gasteiger partial charge in [0.15, 0.2) is 11.6 Å². The number of likely N-dealkylation sites (N-methyl/N-ethyl adjacent to an activating group) is 1. The van der Waals surface area contributed by atoms with Gasteiger partial charge in [-0.15, -0.1) is 0 Å². The summed E-state index contributed by atoms with van der Waals surface area (Å²) in [6, 6.07) is 22.1. The monoisotopic (exact) mass is 417 g/mol. The van der Waals surface area contributed by atoms with Crippen LogP contribution in [0.4, 0.5) is 4.39 Å². The third-order valence-corrected chi connectivity index (χ3v) is 5.49. The van der Waals surface area contributed by atoms with Gasteiger partial charge in [-0.2, -0.15) is 0 Å². The predicted molar refractivity (Wildman–Crippen MR) is 123 cm³/mol. The van der Waals surface area contributed by atoms with Crippen LogP contribution in [0.25, 0.3) is 5.57 Å². The maximum Gasteiger partial charge on any atom is 0.165 e. The van der Waals surface area contributed by atoms with Crippen molar-refractivity contribution in [2.75, 3.05) is 26.8 Å². The molecule has 0 fully saturated rings. The molecule has 0 aromatic heterocycles. The summed E-state index contributed by atoms with van der Waals surface area (Å²) in [6.07, 6.45) is 4.64. The number of rotatable bonds is 9. The molecule has 3 nitrogen and oxygen atoms in total. The Hall–Kier alpha value is -3.11. The molecule has 0 spiro atoms. The topological polar surface area (TPSA) is 30.5 Å². The lowest BCUT2D eigenvalue weighted by molar-refractivity contribution is 0.302. The minimum Gasteiger partial charge on any atom is -0.493 e. The van der Waals surface area contributed by atoms with Gasteiger partial charge in [0.05, 0.1) is 6.61 Å². The molecule has 0 amide bonds. The zero-order valence-corrected chi connectivity index (χ0v) is 17.9. The average Bonchev–Trinajstić information content (AvgIpc) is 3.27. The van der Waals surface area contributed by atoms with Crippen molar-refractivity contribution in [1.29, 1.82) is 0 Å². The van der Waals surface area contributed by atoms with Gasteiger partial charge in [0, 0.05) is 13.0 Å². The van der Waals surface area contributed by atoms with Gasteiger partial charge in [-0.3, -0.25) is 0 Å². The molecular formula is C27H28FNO2. The Morgan fingerprint density at radius 3 is 2.74 bits per heavy atom. The van der Waals surface area contributed by atoms with E-state index in [0.29, 0.717) is 25.3 Å². The fraction of sp³-hybridized carbons (Fsp3) is 0.259. The molecule has 1 aliphatic heterocycles.